The summed E-state index contributed by atoms with van der Waals surface area (Å²) in [7, 11) is 0. The summed E-state index contributed by atoms with van der Waals surface area (Å²) in [6.45, 7) is 3.53. The molecule has 0 saturated carbocycles. The Morgan fingerprint density at radius 3 is 2.71 bits per heavy atom. The highest BCUT2D eigenvalue weighted by Crippen LogP contribution is 2.28. The van der Waals surface area contributed by atoms with E-state index in [4.69, 9.17) is 4.74 Å². The number of hydrogen-bond donors (Lipinski definition) is 1. The van der Waals surface area contributed by atoms with Gasteiger partial charge in [-0.05, 0) is 36.8 Å². The van der Waals surface area contributed by atoms with E-state index in [1.165, 1.54) is 17.0 Å². The van der Waals surface area contributed by atoms with Crippen molar-refractivity contribution in [3.63, 3.8) is 0 Å². The Hall–Kier alpha value is -1.72. The largest absolute Gasteiger partial charge is 0.466 e. The number of halogens is 1. The molecular formula is C16H18FNO2S. The number of benzene rings is 1. The average molecular weight is 307 g/mol. The molecule has 0 aliphatic heterocycles. The Morgan fingerprint density at radius 1 is 1.24 bits per heavy atom. The molecule has 112 valence electrons. The molecule has 2 aromatic rings. The molecule has 3 nitrogen and oxygen atoms in total. The second-order valence-corrected chi connectivity index (χ2v) is 5.67. The molecule has 0 aliphatic rings. The lowest BCUT2D eigenvalue weighted by Crippen LogP contribution is -2.18. The number of esters is 1. The first kappa shape index (κ1) is 15.7. The van der Waals surface area contributed by atoms with Gasteiger partial charge in [0.1, 0.15) is 5.82 Å². The maximum absolute atomic E-state index is 12.9. The quantitative estimate of drug-likeness (QED) is 0.627. The molecule has 21 heavy (non-hydrogen) atoms. The number of nitrogens with one attached hydrogen (secondary N) is 1. The van der Waals surface area contributed by atoms with Crippen molar-refractivity contribution < 1.29 is 13.9 Å². The van der Waals surface area contributed by atoms with Crippen LogP contribution in [0, 0.1) is 5.82 Å². The third-order valence-corrected chi connectivity index (χ3v) is 4.04. The van der Waals surface area contributed by atoms with Crippen LogP contribution in [0.15, 0.2) is 36.4 Å². The predicted molar refractivity (Wildman–Crippen MR) is 82.7 cm³/mol. The molecule has 0 radical (unpaired) electrons. The monoisotopic (exact) mass is 307 g/mol. The summed E-state index contributed by atoms with van der Waals surface area (Å²) in [5, 5.41) is 3.21. The molecule has 0 bridgehead atoms. The van der Waals surface area contributed by atoms with Gasteiger partial charge in [-0.25, -0.2) is 4.39 Å². The van der Waals surface area contributed by atoms with E-state index in [-0.39, 0.29) is 11.8 Å². The Kier molecular flexibility index (Phi) is 5.90. The van der Waals surface area contributed by atoms with E-state index in [0.29, 0.717) is 26.1 Å². The van der Waals surface area contributed by atoms with Crippen molar-refractivity contribution in [3.05, 3.63) is 47.1 Å². The summed E-state index contributed by atoms with van der Waals surface area (Å²) in [6, 6.07) is 10.6. The van der Waals surface area contributed by atoms with Crippen LogP contribution in [0.3, 0.4) is 0 Å². The molecule has 0 spiro atoms. The summed E-state index contributed by atoms with van der Waals surface area (Å²) in [5.74, 6) is -0.403. The minimum absolute atomic E-state index is 0.178. The molecule has 5 heteroatoms. The van der Waals surface area contributed by atoms with Gasteiger partial charge in [0, 0.05) is 22.8 Å². The Bertz CT molecular complexity index is 580. The molecule has 1 aromatic heterocycles. The van der Waals surface area contributed by atoms with Gasteiger partial charge < -0.3 is 10.1 Å². The number of carbonyl (C=O) groups is 1. The first-order valence-corrected chi connectivity index (χ1v) is 7.71. The number of thiophene rings is 1. The molecule has 0 saturated heterocycles. The summed E-state index contributed by atoms with van der Waals surface area (Å²) in [6.07, 6.45) is 0.379. The van der Waals surface area contributed by atoms with Crippen molar-refractivity contribution in [1.29, 1.82) is 0 Å². The first-order chi connectivity index (χ1) is 10.2. The van der Waals surface area contributed by atoms with Crippen LogP contribution in [0.5, 0.6) is 0 Å². The van der Waals surface area contributed by atoms with Crippen LogP contribution >= 0.6 is 11.3 Å². The first-order valence-electron chi connectivity index (χ1n) is 6.90. The summed E-state index contributed by atoms with van der Waals surface area (Å²) >= 11 is 1.66. The van der Waals surface area contributed by atoms with E-state index in [1.807, 2.05) is 12.1 Å². The smallest absolute Gasteiger partial charge is 0.307 e. The van der Waals surface area contributed by atoms with Crippen LogP contribution in [0.4, 0.5) is 4.39 Å². The molecule has 0 aliphatic carbocycles. The van der Waals surface area contributed by atoms with E-state index >= 15 is 0 Å². The van der Waals surface area contributed by atoms with E-state index in [9.17, 15) is 9.18 Å². The lowest BCUT2D eigenvalue weighted by molar-refractivity contribution is -0.142. The molecule has 0 unspecified atom stereocenters. The van der Waals surface area contributed by atoms with Gasteiger partial charge in [0.2, 0.25) is 0 Å². The topological polar surface area (TPSA) is 38.3 Å². The van der Waals surface area contributed by atoms with Crippen LogP contribution in [-0.2, 0) is 16.1 Å². The molecule has 1 heterocycles. The van der Waals surface area contributed by atoms with E-state index in [2.05, 4.69) is 5.32 Å². The van der Waals surface area contributed by atoms with Gasteiger partial charge in [-0.3, -0.25) is 4.79 Å². The van der Waals surface area contributed by atoms with Gasteiger partial charge >= 0.3 is 5.97 Å². The molecule has 1 N–H and O–H groups in total. The zero-order valence-electron chi connectivity index (χ0n) is 11.9. The average Bonchev–Trinajstić information content (AvgIpc) is 2.93. The van der Waals surface area contributed by atoms with Crippen LogP contribution in [0.25, 0.3) is 10.4 Å². The fraction of sp³-hybridized carbons (Fsp3) is 0.312. The number of hydrogen-bond acceptors (Lipinski definition) is 4. The predicted octanol–water partition coefficient (Wildman–Crippen LogP) is 3.60. The summed E-state index contributed by atoms with van der Waals surface area (Å²) < 4.78 is 17.7. The summed E-state index contributed by atoms with van der Waals surface area (Å²) in [5.41, 5.74) is 1.01. The van der Waals surface area contributed by atoms with Crippen LogP contribution in [0.1, 0.15) is 18.2 Å². The van der Waals surface area contributed by atoms with E-state index in [1.54, 1.807) is 30.4 Å². The number of rotatable bonds is 7. The van der Waals surface area contributed by atoms with Gasteiger partial charge in [-0.1, -0.05) is 12.1 Å². The fourth-order valence-electron chi connectivity index (χ4n) is 1.88. The van der Waals surface area contributed by atoms with Gasteiger partial charge in [-0.2, -0.15) is 0 Å². The fourth-order valence-corrected chi connectivity index (χ4v) is 2.86. The van der Waals surface area contributed by atoms with Crippen molar-refractivity contribution in [2.24, 2.45) is 0 Å². The van der Waals surface area contributed by atoms with Gasteiger partial charge in [0.15, 0.2) is 0 Å². The van der Waals surface area contributed by atoms with Crippen molar-refractivity contribution in [3.8, 4) is 10.4 Å². The zero-order valence-corrected chi connectivity index (χ0v) is 12.7. The maximum atomic E-state index is 12.9. The SMILES string of the molecule is CCOC(=O)CCNCc1ccc(-c2ccc(F)cc2)s1. The lowest BCUT2D eigenvalue weighted by atomic mass is 10.2. The molecule has 1 aromatic carbocycles. The van der Waals surface area contributed by atoms with Gasteiger partial charge in [-0.15, -0.1) is 11.3 Å². The normalized spacial score (nSPS) is 10.6. The number of carbonyl (C=O) groups excluding carboxylic acids is 1. The third-order valence-electron chi connectivity index (χ3n) is 2.90. The van der Waals surface area contributed by atoms with Gasteiger partial charge in [0.25, 0.3) is 0 Å². The zero-order chi connectivity index (χ0) is 15.1. The lowest BCUT2D eigenvalue weighted by Gasteiger charge is -2.03. The van der Waals surface area contributed by atoms with Crippen molar-refractivity contribution in [2.75, 3.05) is 13.2 Å². The molecular weight excluding hydrogens is 289 g/mol. The van der Waals surface area contributed by atoms with Crippen LogP contribution in [-0.4, -0.2) is 19.1 Å². The van der Waals surface area contributed by atoms with Crippen LogP contribution in [0.2, 0.25) is 0 Å². The molecule has 0 atom stereocenters. The molecule has 0 fully saturated rings. The second kappa shape index (κ2) is 7.90. The molecule has 0 amide bonds. The Labute approximate surface area is 127 Å². The van der Waals surface area contributed by atoms with Crippen molar-refractivity contribution >= 4 is 17.3 Å². The van der Waals surface area contributed by atoms with Crippen molar-refractivity contribution in [1.82, 2.24) is 5.32 Å². The second-order valence-electron chi connectivity index (χ2n) is 4.50. The third kappa shape index (κ3) is 4.95. The minimum atomic E-state index is -0.226. The maximum Gasteiger partial charge on any atom is 0.307 e. The number of ether oxygens (including phenoxy) is 1. The van der Waals surface area contributed by atoms with Gasteiger partial charge in [0.05, 0.1) is 13.0 Å². The molecule has 2 rings (SSSR count). The van der Waals surface area contributed by atoms with E-state index in [0.717, 1.165) is 10.4 Å². The Balaban J connectivity index is 1.81. The summed E-state index contributed by atoms with van der Waals surface area (Å²) in [4.78, 5) is 13.5. The highest BCUT2D eigenvalue weighted by molar-refractivity contribution is 7.15. The van der Waals surface area contributed by atoms with Crippen molar-refractivity contribution in [2.45, 2.75) is 19.9 Å². The standard InChI is InChI=1S/C16H18FNO2S/c1-2-20-16(19)9-10-18-11-14-7-8-15(21-14)12-3-5-13(17)6-4-12/h3-8,18H,2,9-11H2,1H3. The highest BCUT2D eigenvalue weighted by Gasteiger charge is 2.04. The highest BCUT2D eigenvalue weighted by atomic mass is 32.1. The Morgan fingerprint density at radius 2 is 2.00 bits per heavy atom. The minimum Gasteiger partial charge on any atom is -0.466 e. The van der Waals surface area contributed by atoms with Crippen LogP contribution < -0.4 is 5.32 Å². The van der Waals surface area contributed by atoms with E-state index < -0.39 is 0 Å².